The number of ether oxygens (including phenoxy) is 9. The van der Waals surface area contributed by atoms with Crippen LogP contribution in [0.3, 0.4) is 0 Å². The van der Waals surface area contributed by atoms with Crippen molar-refractivity contribution in [3.63, 3.8) is 0 Å². The van der Waals surface area contributed by atoms with E-state index < -0.39 is 102 Å². The van der Waals surface area contributed by atoms with Crippen molar-refractivity contribution in [3.8, 4) is 0 Å². The molecular formula is C43H76N2O14. The van der Waals surface area contributed by atoms with Gasteiger partial charge in [-0.3, -0.25) is 9.59 Å². The van der Waals surface area contributed by atoms with Gasteiger partial charge in [0.05, 0.1) is 53.7 Å². The summed E-state index contributed by atoms with van der Waals surface area (Å²) < 4.78 is 56.8. The number of nitrogens with zero attached hydrogens (tertiary/aromatic N) is 2. The predicted molar refractivity (Wildman–Crippen MR) is 217 cm³/mol. The Hall–Kier alpha value is -1.99. The van der Waals surface area contributed by atoms with Gasteiger partial charge in [-0.1, -0.05) is 27.7 Å². The van der Waals surface area contributed by atoms with Crippen LogP contribution < -0.4 is 0 Å². The Balaban J connectivity index is 1.84. The standard InChI is InChI=1S/C43H76N2O14/c1-15-31-43(10,50)35(47)23(2)19-30(46)24(3)21-42(9,53-14)37(59-39-34-29(20-25(4)54-39)45(11)40(58-34)44-17-16-18-51-12)26(5)33(27(6)38(49)56-31)57-32-22-41(8,52-13)36(48)28(7)55-32/h23-29,31-37,39,47-48,50H,15-22H2,1-14H3/t23-,24+,25+,26-,27+,28-,29-,31+,32-,33-,34+,35+,36-,37+,39-,41+,42+,43+/m0/s1. The molecule has 4 aliphatic rings. The van der Waals surface area contributed by atoms with Crippen molar-refractivity contribution in [1.29, 1.82) is 0 Å². The summed E-state index contributed by atoms with van der Waals surface area (Å²) in [5.74, 6) is -3.76. The van der Waals surface area contributed by atoms with Crippen LogP contribution in [0.5, 0.6) is 0 Å². The van der Waals surface area contributed by atoms with Crippen molar-refractivity contribution in [2.45, 2.75) is 192 Å². The summed E-state index contributed by atoms with van der Waals surface area (Å²) in [5, 5.41) is 34.3. The molecule has 0 amide bonds. The third kappa shape index (κ3) is 11.0. The summed E-state index contributed by atoms with van der Waals surface area (Å²) in [6.45, 7) is 18.7. The number of aliphatic hydroxyl groups is 3. The van der Waals surface area contributed by atoms with Gasteiger partial charge in [0.1, 0.15) is 23.6 Å². The van der Waals surface area contributed by atoms with Crippen LogP contribution >= 0.6 is 0 Å². The molecule has 16 heteroatoms. The fourth-order valence-electron chi connectivity index (χ4n) is 9.56. The first kappa shape index (κ1) is 49.7. The van der Waals surface area contributed by atoms with E-state index in [1.807, 2.05) is 39.6 Å². The van der Waals surface area contributed by atoms with Gasteiger partial charge in [0.2, 0.25) is 0 Å². The summed E-state index contributed by atoms with van der Waals surface area (Å²) in [7, 11) is 6.68. The van der Waals surface area contributed by atoms with E-state index in [1.54, 1.807) is 48.8 Å². The van der Waals surface area contributed by atoms with Crippen molar-refractivity contribution in [2.75, 3.05) is 41.5 Å². The van der Waals surface area contributed by atoms with Gasteiger partial charge in [-0.2, -0.15) is 0 Å². The molecule has 16 nitrogen and oxygen atoms in total. The van der Waals surface area contributed by atoms with Gasteiger partial charge < -0.3 is 62.9 Å². The van der Waals surface area contributed by atoms with Crippen molar-refractivity contribution >= 4 is 17.8 Å². The van der Waals surface area contributed by atoms with Crippen LogP contribution in [0.25, 0.3) is 0 Å². The van der Waals surface area contributed by atoms with E-state index in [0.717, 1.165) is 6.42 Å². The minimum atomic E-state index is -1.88. The zero-order chi connectivity index (χ0) is 44.2. The third-order valence-corrected chi connectivity index (χ3v) is 13.6. The number of methoxy groups -OCH3 is 3. The topological polar surface area (TPSA) is 194 Å². The van der Waals surface area contributed by atoms with Crippen LogP contribution in [0, 0.1) is 23.7 Å². The summed E-state index contributed by atoms with van der Waals surface area (Å²) in [6, 6.07) is 0.355. The number of Topliss-reactive ketones (excluding diaryl/α,β-unsaturated/α-hetero) is 1. The first-order valence-electron chi connectivity index (χ1n) is 21.6. The Morgan fingerprint density at radius 3 is 2.17 bits per heavy atom. The van der Waals surface area contributed by atoms with E-state index in [1.165, 1.54) is 14.0 Å². The van der Waals surface area contributed by atoms with E-state index in [4.69, 9.17) is 47.6 Å². The van der Waals surface area contributed by atoms with Crippen molar-refractivity contribution in [3.05, 3.63) is 0 Å². The van der Waals surface area contributed by atoms with E-state index in [0.29, 0.717) is 25.6 Å². The zero-order valence-electron chi connectivity index (χ0n) is 38.0. The third-order valence-electron chi connectivity index (χ3n) is 13.6. The fourth-order valence-corrected chi connectivity index (χ4v) is 9.56. The molecule has 59 heavy (non-hydrogen) atoms. The summed E-state index contributed by atoms with van der Waals surface area (Å²) >= 11 is 0. The quantitative estimate of drug-likeness (QED) is 0.202. The minimum Gasteiger partial charge on any atom is -0.459 e. The number of cyclic esters (lactones) is 1. The molecule has 4 heterocycles. The number of rotatable bonds is 11. The molecule has 0 spiro atoms. The van der Waals surface area contributed by atoms with Crippen molar-refractivity contribution < 1.29 is 67.5 Å². The van der Waals surface area contributed by atoms with Gasteiger partial charge >= 0.3 is 5.97 Å². The van der Waals surface area contributed by atoms with Crippen LogP contribution in [-0.4, -0.2) is 164 Å². The number of aliphatic hydroxyl groups excluding tert-OH is 2. The Kier molecular flexibility index (Phi) is 17.2. The average Bonchev–Trinajstić information content (AvgIpc) is 3.51. The highest BCUT2D eigenvalue weighted by atomic mass is 16.7. The number of amidine groups is 1. The molecule has 342 valence electrons. The molecule has 0 saturated carbocycles. The number of fused-ring (bicyclic) bond motifs is 1. The lowest BCUT2D eigenvalue weighted by Gasteiger charge is -2.49. The minimum absolute atomic E-state index is 0.0349. The molecule has 4 fully saturated rings. The molecule has 4 saturated heterocycles. The van der Waals surface area contributed by atoms with E-state index >= 15 is 0 Å². The van der Waals surface area contributed by atoms with Gasteiger partial charge in [0, 0.05) is 66.2 Å². The fraction of sp³-hybridized carbons (Fsp3) is 0.930. The largest absolute Gasteiger partial charge is 0.459 e. The van der Waals surface area contributed by atoms with E-state index in [2.05, 4.69) is 0 Å². The van der Waals surface area contributed by atoms with Gasteiger partial charge in [-0.05, 0) is 73.1 Å². The van der Waals surface area contributed by atoms with Crippen LogP contribution in [-0.2, 0) is 52.2 Å². The molecule has 0 aromatic carbocycles. The lowest BCUT2D eigenvalue weighted by Crippen LogP contribution is -2.60. The lowest BCUT2D eigenvalue weighted by molar-refractivity contribution is -0.315. The van der Waals surface area contributed by atoms with E-state index in [9.17, 15) is 24.9 Å². The molecule has 18 atom stereocenters. The SMILES string of the molecule is CC[C@H]1OC(=O)[C@H](C)[C@@H](O[C@H]2C[C@@](C)(OC)[C@@H](O)[C@H](C)O2)[C@H](C)[C@@H](O[C@@H]2O[C@H](C)C[C@H]3[C@H]2OC(=NCCCOC)N3C)[C@](C)(OC)C[C@@H](C)C(=O)C[C@H](C)[C@@H](O)[C@]1(C)O. The zero-order valence-corrected chi connectivity index (χ0v) is 38.0. The smallest absolute Gasteiger partial charge is 0.311 e. The Bertz CT molecular complexity index is 1420. The molecular weight excluding hydrogens is 768 g/mol. The molecule has 0 bridgehead atoms. The number of hydrogen-bond donors (Lipinski definition) is 3. The molecule has 0 aromatic rings. The number of esters is 1. The second-order valence-corrected chi connectivity index (χ2v) is 18.3. The van der Waals surface area contributed by atoms with Crippen molar-refractivity contribution in [2.24, 2.45) is 28.7 Å². The summed E-state index contributed by atoms with van der Waals surface area (Å²) in [5.41, 5.74) is -4.11. The maximum Gasteiger partial charge on any atom is 0.311 e. The normalized spacial score (nSPS) is 46.3. The van der Waals surface area contributed by atoms with E-state index in [-0.39, 0.29) is 43.6 Å². The highest BCUT2D eigenvalue weighted by Gasteiger charge is 2.55. The first-order chi connectivity index (χ1) is 27.6. The Morgan fingerprint density at radius 1 is 0.898 bits per heavy atom. The van der Waals surface area contributed by atoms with Gasteiger partial charge in [-0.15, -0.1) is 0 Å². The van der Waals surface area contributed by atoms with Crippen molar-refractivity contribution in [1.82, 2.24) is 4.90 Å². The number of carbonyl (C=O) groups excluding carboxylic acids is 2. The second-order valence-electron chi connectivity index (χ2n) is 18.3. The van der Waals surface area contributed by atoms with Gasteiger partial charge in [0.15, 0.2) is 18.7 Å². The second kappa shape index (κ2) is 20.5. The number of likely N-dealkylation sites (N-methyl/N-ethyl adjacent to an activating group) is 1. The van der Waals surface area contributed by atoms with Crippen LogP contribution in [0.15, 0.2) is 4.99 Å². The molecule has 4 aliphatic heterocycles. The molecule has 3 N–H and O–H groups in total. The Morgan fingerprint density at radius 2 is 1.56 bits per heavy atom. The number of ketones is 1. The molecule has 0 unspecified atom stereocenters. The van der Waals surface area contributed by atoms with Gasteiger partial charge in [-0.25, -0.2) is 4.99 Å². The number of hydrogen-bond acceptors (Lipinski definition) is 15. The summed E-state index contributed by atoms with van der Waals surface area (Å²) in [4.78, 5) is 35.2. The van der Waals surface area contributed by atoms with Crippen LogP contribution in [0.2, 0.25) is 0 Å². The van der Waals surface area contributed by atoms with Crippen LogP contribution in [0.1, 0.15) is 108 Å². The number of carbonyl (C=O) groups is 2. The molecule has 4 rings (SSSR count). The maximum absolute atomic E-state index is 14.4. The highest BCUT2D eigenvalue weighted by molar-refractivity contribution is 5.81. The first-order valence-corrected chi connectivity index (χ1v) is 21.6. The molecule has 0 aromatic heterocycles. The average molecular weight is 845 g/mol. The van der Waals surface area contributed by atoms with Gasteiger partial charge in [0.25, 0.3) is 6.02 Å². The maximum atomic E-state index is 14.4. The summed E-state index contributed by atoms with van der Waals surface area (Å²) in [6.07, 6.45) is -6.86. The highest BCUT2D eigenvalue weighted by Crippen LogP contribution is 2.42. The number of aliphatic imine (C=N–C) groups is 1. The molecule has 0 aliphatic carbocycles. The monoisotopic (exact) mass is 845 g/mol. The predicted octanol–water partition coefficient (Wildman–Crippen LogP) is 3.63. The molecule has 0 radical (unpaired) electrons. The lowest BCUT2D eigenvalue weighted by atomic mass is 9.76. The Labute approximate surface area is 351 Å². The van der Waals surface area contributed by atoms with Crippen LogP contribution in [0.4, 0.5) is 0 Å².